The molecule has 0 heterocycles. The summed E-state index contributed by atoms with van der Waals surface area (Å²) in [6, 6.07) is 2.64. The van der Waals surface area contributed by atoms with Gasteiger partial charge >= 0.3 is 5.97 Å². The average Bonchev–Trinajstić information content (AvgIpc) is 3.04. The van der Waals surface area contributed by atoms with Crippen LogP contribution in [0.1, 0.15) is 23.2 Å². The third kappa shape index (κ3) is 1.73. The quantitative estimate of drug-likeness (QED) is 0.861. The van der Waals surface area contributed by atoms with Crippen LogP contribution < -0.4 is 4.90 Å². The first-order valence-electron chi connectivity index (χ1n) is 4.96. The Morgan fingerprint density at radius 1 is 1.38 bits per heavy atom. The molecule has 2 rings (SSSR count). The van der Waals surface area contributed by atoms with Crippen molar-refractivity contribution in [3.05, 3.63) is 29.3 Å². The Morgan fingerprint density at radius 2 is 2.00 bits per heavy atom. The number of benzene rings is 1. The Kier molecular flexibility index (Phi) is 2.53. The van der Waals surface area contributed by atoms with Gasteiger partial charge in [-0.1, -0.05) is 0 Å². The lowest BCUT2D eigenvalue weighted by atomic mass is 10.1. The molecule has 0 aliphatic heterocycles. The number of nitrogens with zero attached hydrogens (tertiary/aromatic N) is 1. The molecule has 0 spiro atoms. The van der Waals surface area contributed by atoms with Crippen LogP contribution >= 0.6 is 0 Å². The average molecular weight is 227 g/mol. The van der Waals surface area contributed by atoms with Crippen molar-refractivity contribution in [3.8, 4) is 0 Å². The molecule has 0 amide bonds. The maximum Gasteiger partial charge on any atom is 0.338 e. The van der Waals surface area contributed by atoms with Gasteiger partial charge in [0.25, 0.3) is 0 Å². The van der Waals surface area contributed by atoms with E-state index < -0.39 is 23.2 Å². The first-order chi connectivity index (χ1) is 7.52. The number of hydrogen-bond acceptors (Lipinski definition) is 2. The Balaban J connectivity index is 2.41. The Morgan fingerprint density at radius 3 is 2.50 bits per heavy atom. The van der Waals surface area contributed by atoms with E-state index in [1.54, 1.807) is 11.9 Å². The van der Waals surface area contributed by atoms with E-state index in [9.17, 15) is 13.6 Å². The van der Waals surface area contributed by atoms with Crippen LogP contribution in [0.15, 0.2) is 12.1 Å². The molecule has 16 heavy (non-hydrogen) atoms. The first kappa shape index (κ1) is 10.9. The van der Waals surface area contributed by atoms with Crippen molar-refractivity contribution in [2.24, 2.45) is 0 Å². The molecular weight excluding hydrogens is 216 g/mol. The number of aromatic carboxylic acids is 1. The van der Waals surface area contributed by atoms with E-state index in [4.69, 9.17) is 5.11 Å². The number of carboxylic acids is 1. The van der Waals surface area contributed by atoms with Gasteiger partial charge in [-0.05, 0) is 25.0 Å². The van der Waals surface area contributed by atoms with E-state index in [1.807, 2.05) is 0 Å². The summed E-state index contributed by atoms with van der Waals surface area (Å²) in [5, 5.41) is 8.62. The molecule has 5 heteroatoms. The second kappa shape index (κ2) is 3.73. The minimum atomic E-state index is -1.46. The Bertz CT molecular complexity index is 444. The molecule has 86 valence electrons. The van der Waals surface area contributed by atoms with Crippen molar-refractivity contribution >= 4 is 11.7 Å². The summed E-state index contributed by atoms with van der Waals surface area (Å²) < 4.78 is 27.0. The molecule has 0 aromatic heterocycles. The van der Waals surface area contributed by atoms with Crippen LogP contribution in [0.3, 0.4) is 0 Å². The van der Waals surface area contributed by atoms with Gasteiger partial charge in [-0.15, -0.1) is 0 Å². The fourth-order valence-corrected chi connectivity index (χ4v) is 1.64. The minimum absolute atomic E-state index is 0.116. The van der Waals surface area contributed by atoms with Crippen molar-refractivity contribution in [1.82, 2.24) is 0 Å². The Labute approximate surface area is 91.3 Å². The third-order valence-electron chi connectivity index (χ3n) is 2.77. The largest absolute Gasteiger partial charge is 0.478 e. The molecule has 0 radical (unpaired) electrons. The normalized spacial score (nSPS) is 14.9. The van der Waals surface area contributed by atoms with Crippen LogP contribution in [0.25, 0.3) is 0 Å². The van der Waals surface area contributed by atoms with E-state index >= 15 is 0 Å². The van der Waals surface area contributed by atoms with Gasteiger partial charge in [0, 0.05) is 13.1 Å². The maximum atomic E-state index is 13.6. The summed E-state index contributed by atoms with van der Waals surface area (Å²) >= 11 is 0. The van der Waals surface area contributed by atoms with Gasteiger partial charge in [0.1, 0.15) is 0 Å². The van der Waals surface area contributed by atoms with Crippen molar-refractivity contribution in [3.63, 3.8) is 0 Å². The molecule has 0 atom stereocenters. The fourth-order valence-electron chi connectivity index (χ4n) is 1.64. The molecule has 0 unspecified atom stereocenters. The fraction of sp³-hybridized carbons (Fsp3) is 0.364. The van der Waals surface area contributed by atoms with Crippen molar-refractivity contribution in [1.29, 1.82) is 0 Å². The maximum absolute atomic E-state index is 13.6. The number of anilines is 1. The van der Waals surface area contributed by atoms with Crippen molar-refractivity contribution in [2.75, 3.05) is 11.9 Å². The lowest BCUT2D eigenvalue weighted by molar-refractivity contribution is 0.0690. The van der Waals surface area contributed by atoms with Gasteiger partial charge < -0.3 is 10.0 Å². The predicted octanol–water partition coefficient (Wildman–Crippen LogP) is 2.26. The molecule has 0 saturated heterocycles. The number of carbonyl (C=O) groups is 1. The molecule has 1 N–H and O–H groups in total. The molecule has 1 aliphatic carbocycles. The Hall–Kier alpha value is -1.65. The SMILES string of the molecule is CN(c1ccc(C(=O)O)c(F)c1F)C1CC1. The van der Waals surface area contributed by atoms with Crippen LogP contribution in [-0.4, -0.2) is 24.2 Å². The van der Waals surface area contributed by atoms with E-state index in [2.05, 4.69) is 0 Å². The highest BCUT2D eigenvalue weighted by Gasteiger charge is 2.29. The van der Waals surface area contributed by atoms with Crippen LogP contribution in [0.4, 0.5) is 14.5 Å². The van der Waals surface area contributed by atoms with Gasteiger partial charge in [-0.2, -0.15) is 0 Å². The van der Waals surface area contributed by atoms with Crippen molar-refractivity contribution in [2.45, 2.75) is 18.9 Å². The molecule has 1 aromatic carbocycles. The van der Waals surface area contributed by atoms with Crippen LogP contribution in [0, 0.1) is 11.6 Å². The monoisotopic (exact) mass is 227 g/mol. The van der Waals surface area contributed by atoms with Crippen LogP contribution in [0.2, 0.25) is 0 Å². The third-order valence-corrected chi connectivity index (χ3v) is 2.77. The summed E-state index contributed by atoms with van der Waals surface area (Å²) in [5.74, 6) is -3.84. The summed E-state index contributed by atoms with van der Waals surface area (Å²) in [6.07, 6.45) is 1.91. The van der Waals surface area contributed by atoms with Gasteiger partial charge in [0.2, 0.25) is 0 Å². The first-order valence-corrected chi connectivity index (χ1v) is 4.96. The smallest absolute Gasteiger partial charge is 0.338 e. The number of rotatable bonds is 3. The van der Waals surface area contributed by atoms with E-state index in [0.29, 0.717) is 0 Å². The lowest BCUT2D eigenvalue weighted by Crippen LogP contribution is -2.21. The van der Waals surface area contributed by atoms with E-state index in [-0.39, 0.29) is 11.7 Å². The second-order valence-electron chi connectivity index (χ2n) is 3.91. The molecule has 1 aliphatic rings. The highest BCUT2D eigenvalue weighted by atomic mass is 19.2. The summed E-state index contributed by atoms with van der Waals surface area (Å²) in [4.78, 5) is 12.2. The zero-order chi connectivity index (χ0) is 11.9. The number of carboxylic acid groups (broad SMARTS) is 1. The number of halogens is 2. The molecule has 0 bridgehead atoms. The predicted molar refractivity (Wildman–Crippen MR) is 54.7 cm³/mol. The standard InChI is InChI=1S/C11H11F2NO2/c1-14(6-2-3-6)8-5-4-7(11(15)16)9(12)10(8)13/h4-6H,2-3H2,1H3,(H,15,16). The number of hydrogen-bond donors (Lipinski definition) is 1. The summed E-state index contributed by atoms with van der Waals surface area (Å²) in [7, 11) is 1.68. The molecule has 1 aromatic rings. The minimum Gasteiger partial charge on any atom is -0.478 e. The van der Waals surface area contributed by atoms with Crippen LogP contribution in [-0.2, 0) is 0 Å². The molecular formula is C11H11F2NO2. The van der Waals surface area contributed by atoms with Gasteiger partial charge in [-0.3, -0.25) is 0 Å². The molecule has 1 fully saturated rings. The van der Waals surface area contributed by atoms with Gasteiger partial charge in [-0.25, -0.2) is 13.6 Å². The summed E-state index contributed by atoms with van der Waals surface area (Å²) in [6.45, 7) is 0. The second-order valence-corrected chi connectivity index (χ2v) is 3.91. The zero-order valence-electron chi connectivity index (χ0n) is 8.70. The molecule has 3 nitrogen and oxygen atoms in total. The van der Waals surface area contributed by atoms with Crippen LogP contribution in [0.5, 0.6) is 0 Å². The lowest BCUT2D eigenvalue weighted by Gasteiger charge is -2.19. The highest BCUT2D eigenvalue weighted by molar-refractivity contribution is 5.88. The highest BCUT2D eigenvalue weighted by Crippen LogP contribution is 2.32. The van der Waals surface area contributed by atoms with Crippen molar-refractivity contribution < 1.29 is 18.7 Å². The van der Waals surface area contributed by atoms with E-state index in [0.717, 1.165) is 18.9 Å². The topological polar surface area (TPSA) is 40.5 Å². The van der Waals surface area contributed by atoms with Gasteiger partial charge in [0.05, 0.1) is 11.3 Å². The zero-order valence-corrected chi connectivity index (χ0v) is 8.70. The summed E-state index contributed by atoms with van der Waals surface area (Å²) in [5.41, 5.74) is -0.518. The van der Waals surface area contributed by atoms with E-state index in [1.165, 1.54) is 6.07 Å². The van der Waals surface area contributed by atoms with Gasteiger partial charge in [0.15, 0.2) is 11.6 Å². The molecule has 1 saturated carbocycles.